The first-order chi connectivity index (χ1) is 12.0. The van der Waals surface area contributed by atoms with Gasteiger partial charge in [0, 0.05) is 35.6 Å². The number of carbonyl (C=O) groups excluding carboxylic acids is 1. The van der Waals surface area contributed by atoms with Crippen molar-refractivity contribution in [3.8, 4) is 5.75 Å². The normalized spacial score (nSPS) is 12.2. The molecule has 0 aliphatic heterocycles. The lowest BCUT2D eigenvalue weighted by atomic mass is 10.1. The van der Waals surface area contributed by atoms with Crippen molar-refractivity contribution in [2.24, 2.45) is 7.05 Å². The second-order valence-electron chi connectivity index (χ2n) is 6.10. The molecule has 5 heteroatoms. The average molecular weight is 357 g/mol. The molecule has 4 nitrogen and oxygen atoms in total. The van der Waals surface area contributed by atoms with Crippen LogP contribution in [0.15, 0.2) is 48.5 Å². The van der Waals surface area contributed by atoms with Crippen LogP contribution in [0, 0.1) is 0 Å². The number of amides is 1. The SMILES string of the molecule is COc1ccccc1[C@@H](C)N(C)C(=O)c1cc2c(Cl)cccc2n1C. The van der Waals surface area contributed by atoms with Gasteiger partial charge in [0.05, 0.1) is 13.2 Å². The van der Waals surface area contributed by atoms with Crippen molar-refractivity contribution in [1.82, 2.24) is 9.47 Å². The van der Waals surface area contributed by atoms with E-state index in [2.05, 4.69) is 0 Å². The highest BCUT2D eigenvalue weighted by atomic mass is 35.5. The molecule has 0 aliphatic rings. The maximum absolute atomic E-state index is 13.1. The molecule has 3 rings (SSSR count). The topological polar surface area (TPSA) is 34.5 Å². The lowest BCUT2D eigenvalue weighted by Gasteiger charge is -2.26. The zero-order valence-electron chi connectivity index (χ0n) is 14.8. The quantitative estimate of drug-likeness (QED) is 0.680. The van der Waals surface area contributed by atoms with Crippen LogP contribution in [0.5, 0.6) is 5.75 Å². The van der Waals surface area contributed by atoms with Crippen LogP contribution in [0.3, 0.4) is 0 Å². The number of carbonyl (C=O) groups is 1. The van der Waals surface area contributed by atoms with Crippen molar-refractivity contribution in [2.75, 3.05) is 14.2 Å². The molecule has 130 valence electrons. The van der Waals surface area contributed by atoms with Crippen molar-refractivity contribution in [1.29, 1.82) is 0 Å². The molecule has 0 N–H and O–H groups in total. The molecular weight excluding hydrogens is 336 g/mol. The smallest absolute Gasteiger partial charge is 0.270 e. The van der Waals surface area contributed by atoms with E-state index in [1.165, 1.54) is 0 Å². The second kappa shape index (κ2) is 6.81. The lowest BCUT2D eigenvalue weighted by molar-refractivity contribution is 0.0732. The summed E-state index contributed by atoms with van der Waals surface area (Å²) in [6.07, 6.45) is 0. The molecule has 0 bridgehead atoms. The predicted octanol–water partition coefficient (Wildman–Crippen LogP) is 4.67. The molecule has 0 saturated heterocycles. The maximum Gasteiger partial charge on any atom is 0.270 e. The van der Waals surface area contributed by atoms with E-state index in [0.717, 1.165) is 22.2 Å². The van der Waals surface area contributed by atoms with E-state index in [-0.39, 0.29) is 11.9 Å². The van der Waals surface area contributed by atoms with Gasteiger partial charge < -0.3 is 14.2 Å². The van der Waals surface area contributed by atoms with Gasteiger partial charge in [-0.15, -0.1) is 0 Å². The van der Waals surface area contributed by atoms with E-state index in [9.17, 15) is 4.79 Å². The van der Waals surface area contributed by atoms with Crippen molar-refractivity contribution in [2.45, 2.75) is 13.0 Å². The molecule has 2 aromatic carbocycles. The Labute approximate surface area is 152 Å². The molecule has 1 heterocycles. The fourth-order valence-electron chi connectivity index (χ4n) is 3.11. The van der Waals surface area contributed by atoms with Crippen LogP contribution in [0.2, 0.25) is 5.02 Å². The minimum absolute atomic E-state index is 0.0619. The van der Waals surface area contributed by atoms with Gasteiger partial charge in [0.25, 0.3) is 5.91 Å². The standard InChI is InChI=1S/C20H21ClN2O2/c1-13(14-8-5-6-11-19(14)25-4)22(2)20(24)18-12-15-16(21)9-7-10-17(15)23(18)3/h5-13H,1-4H3/t13-/m1/s1. The summed E-state index contributed by atoms with van der Waals surface area (Å²) in [5.74, 6) is 0.711. The second-order valence-corrected chi connectivity index (χ2v) is 6.50. The van der Waals surface area contributed by atoms with Crippen LogP contribution < -0.4 is 4.74 Å². The molecular formula is C20H21ClN2O2. The third-order valence-corrected chi connectivity index (χ3v) is 5.07. The number of benzene rings is 2. The number of fused-ring (bicyclic) bond motifs is 1. The number of hydrogen-bond donors (Lipinski definition) is 0. The van der Waals surface area contributed by atoms with E-state index in [1.807, 2.05) is 67.1 Å². The first kappa shape index (κ1) is 17.4. The number of ether oxygens (including phenoxy) is 1. The van der Waals surface area contributed by atoms with Crippen LogP contribution in [-0.4, -0.2) is 29.5 Å². The first-order valence-electron chi connectivity index (χ1n) is 8.09. The molecule has 1 atom stereocenters. The van der Waals surface area contributed by atoms with Crippen LogP contribution >= 0.6 is 11.6 Å². The Balaban J connectivity index is 1.98. The Morgan fingerprint density at radius 3 is 2.60 bits per heavy atom. The summed E-state index contributed by atoms with van der Waals surface area (Å²) in [7, 11) is 5.32. The summed E-state index contributed by atoms with van der Waals surface area (Å²) in [5.41, 5.74) is 2.51. The Morgan fingerprint density at radius 2 is 1.92 bits per heavy atom. The number of methoxy groups -OCH3 is 1. The van der Waals surface area contributed by atoms with Gasteiger partial charge in [-0.05, 0) is 31.2 Å². The highest BCUT2D eigenvalue weighted by Gasteiger charge is 2.24. The van der Waals surface area contributed by atoms with Crippen molar-refractivity contribution in [3.63, 3.8) is 0 Å². The van der Waals surface area contributed by atoms with Gasteiger partial charge in [-0.2, -0.15) is 0 Å². The minimum atomic E-state index is -0.128. The fourth-order valence-corrected chi connectivity index (χ4v) is 3.33. The Morgan fingerprint density at radius 1 is 1.20 bits per heavy atom. The zero-order chi connectivity index (χ0) is 18.1. The minimum Gasteiger partial charge on any atom is -0.496 e. The number of aromatic nitrogens is 1. The number of para-hydroxylation sites is 1. The summed E-state index contributed by atoms with van der Waals surface area (Å²) < 4.78 is 7.31. The van der Waals surface area contributed by atoms with Crippen LogP contribution in [-0.2, 0) is 7.05 Å². The number of rotatable bonds is 4. The van der Waals surface area contributed by atoms with Crippen molar-refractivity contribution >= 4 is 28.4 Å². The van der Waals surface area contributed by atoms with Gasteiger partial charge in [0.15, 0.2) is 0 Å². The average Bonchev–Trinajstić information content (AvgIpc) is 2.98. The number of hydrogen-bond acceptors (Lipinski definition) is 2. The van der Waals surface area contributed by atoms with Crippen LogP contribution in [0.25, 0.3) is 10.9 Å². The Bertz CT molecular complexity index is 933. The molecule has 0 aliphatic carbocycles. The predicted molar refractivity (Wildman–Crippen MR) is 101 cm³/mol. The van der Waals surface area contributed by atoms with Crippen LogP contribution in [0.1, 0.15) is 29.0 Å². The van der Waals surface area contributed by atoms with E-state index in [4.69, 9.17) is 16.3 Å². The Hall–Kier alpha value is -2.46. The first-order valence-corrected chi connectivity index (χ1v) is 8.47. The molecule has 0 spiro atoms. The molecule has 25 heavy (non-hydrogen) atoms. The maximum atomic E-state index is 13.1. The van der Waals surface area contributed by atoms with Gasteiger partial charge in [-0.25, -0.2) is 0 Å². The molecule has 1 amide bonds. The molecule has 0 fully saturated rings. The van der Waals surface area contributed by atoms with E-state index in [1.54, 1.807) is 19.1 Å². The molecule has 3 aromatic rings. The van der Waals surface area contributed by atoms with Gasteiger partial charge >= 0.3 is 0 Å². The highest BCUT2D eigenvalue weighted by Crippen LogP contribution is 2.31. The van der Waals surface area contributed by atoms with E-state index in [0.29, 0.717) is 10.7 Å². The molecule has 1 aromatic heterocycles. The van der Waals surface area contributed by atoms with Gasteiger partial charge in [-0.3, -0.25) is 4.79 Å². The summed E-state index contributed by atoms with van der Waals surface area (Å²) in [4.78, 5) is 14.8. The monoisotopic (exact) mass is 356 g/mol. The van der Waals surface area contributed by atoms with Crippen molar-refractivity contribution < 1.29 is 9.53 Å². The van der Waals surface area contributed by atoms with Crippen LogP contribution in [0.4, 0.5) is 0 Å². The molecule has 0 saturated carbocycles. The number of nitrogens with zero attached hydrogens (tertiary/aromatic N) is 2. The summed E-state index contributed by atoms with van der Waals surface area (Å²) in [6.45, 7) is 1.99. The molecule has 0 radical (unpaired) electrons. The summed E-state index contributed by atoms with van der Waals surface area (Å²) in [5, 5.41) is 1.53. The summed E-state index contributed by atoms with van der Waals surface area (Å²) in [6, 6.07) is 15.2. The number of halogens is 1. The van der Waals surface area contributed by atoms with Gasteiger partial charge in [0.1, 0.15) is 11.4 Å². The Kier molecular flexibility index (Phi) is 4.73. The number of aryl methyl sites for hydroxylation is 1. The highest BCUT2D eigenvalue weighted by molar-refractivity contribution is 6.35. The van der Waals surface area contributed by atoms with E-state index >= 15 is 0 Å². The zero-order valence-corrected chi connectivity index (χ0v) is 15.5. The third-order valence-electron chi connectivity index (χ3n) is 4.74. The third kappa shape index (κ3) is 2.98. The van der Waals surface area contributed by atoms with Gasteiger partial charge in [0.2, 0.25) is 0 Å². The molecule has 0 unspecified atom stereocenters. The van der Waals surface area contributed by atoms with Crippen molar-refractivity contribution in [3.05, 3.63) is 64.8 Å². The largest absolute Gasteiger partial charge is 0.496 e. The van der Waals surface area contributed by atoms with Gasteiger partial charge in [-0.1, -0.05) is 35.9 Å². The fraction of sp³-hybridized carbons (Fsp3) is 0.250. The summed E-state index contributed by atoms with van der Waals surface area (Å²) >= 11 is 6.27. The lowest BCUT2D eigenvalue weighted by Crippen LogP contribution is -2.31. The van der Waals surface area contributed by atoms with E-state index < -0.39 is 0 Å².